The second kappa shape index (κ2) is 4.23. The number of nitrogens with one attached hydrogen (secondary N) is 1. The average Bonchev–Trinajstić information content (AvgIpc) is 2.61. The van der Waals surface area contributed by atoms with Gasteiger partial charge in [0.25, 0.3) is 0 Å². The fourth-order valence-corrected chi connectivity index (χ4v) is 2.97. The standard InChI is InChI=1S/C15H15NO3/c1-8-9(2)15-11(4-3-5-19-15)14(8)10-6-12(17)16-13(18)7-10/h3-5,10H,6-7H2,1-2H3,(H,16,17,18). The van der Waals surface area contributed by atoms with Crippen LogP contribution in [-0.4, -0.2) is 11.8 Å². The van der Waals surface area contributed by atoms with Gasteiger partial charge in [-0.3, -0.25) is 14.9 Å². The van der Waals surface area contributed by atoms with Gasteiger partial charge in [0.2, 0.25) is 11.8 Å². The predicted molar refractivity (Wildman–Crippen MR) is 69.9 cm³/mol. The molecule has 2 heterocycles. The van der Waals surface area contributed by atoms with Crippen molar-refractivity contribution in [2.24, 2.45) is 0 Å². The Bertz CT molecular complexity index is 625. The van der Waals surface area contributed by atoms with Gasteiger partial charge >= 0.3 is 0 Å². The number of carbonyl (C=O) groups excluding carboxylic acids is 2. The molecule has 0 aromatic rings. The van der Waals surface area contributed by atoms with Crippen LogP contribution in [0, 0.1) is 13.8 Å². The molecular weight excluding hydrogens is 242 g/mol. The minimum absolute atomic E-state index is 0.0463. The minimum Gasteiger partial charge on any atom is -0.464 e. The number of hydrogen-bond donors (Lipinski definition) is 1. The van der Waals surface area contributed by atoms with Crippen molar-refractivity contribution in [3.8, 4) is 11.3 Å². The topological polar surface area (TPSA) is 59.3 Å². The van der Waals surface area contributed by atoms with Crippen LogP contribution in [0.2, 0.25) is 0 Å². The maximum Gasteiger partial charge on any atom is 0.227 e. The summed E-state index contributed by atoms with van der Waals surface area (Å²) in [4.78, 5) is 23.1. The van der Waals surface area contributed by atoms with Crippen LogP contribution in [0.4, 0.5) is 0 Å². The monoisotopic (exact) mass is 257 g/mol. The van der Waals surface area contributed by atoms with E-state index in [0.29, 0.717) is 12.8 Å². The third-order valence-electron chi connectivity index (χ3n) is 3.92. The average molecular weight is 257 g/mol. The fourth-order valence-electron chi connectivity index (χ4n) is 2.97. The zero-order valence-corrected chi connectivity index (χ0v) is 10.9. The molecule has 4 heteroatoms. The summed E-state index contributed by atoms with van der Waals surface area (Å²) in [5.41, 5.74) is 4.31. The van der Waals surface area contributed by atoms with Crippen molar-refractivity contribution in [2.75, 3.05) is 0 Å². The molecule has 0 aromatic carbocycles. The quantitative estimate of drug-likeness (QED) is 0.798. The zero-order valence-electron chi connectivity index (χ0n) is 10.9. The Hall–Kier alpha value is -2.10. The van der Waals surface area contributed by atoms with E-state index in [-0.39, 0.29) is 17.7 Å². The van der Waals surface area contributed by atoms with Gasteiger partial charge in [0, 0.05) is 24.3 Å². The first-order chi connectivity index (χ1) is 9.08. The van der Waals surface area contributed by atoms with E-state index in [9.17, 15) is 9.59 Å². The third-order valence-corrected chi connectivity index (χ3v) is 3.92. The fraction of sp³-hybridized carbons (Fsp3) is 0.333. The second-order valence-electron chi connectivity index (χ2n) is 5.10. The lowest BCUT2D eigenvalue weighted by Gasteiger charge is -2.22. The van der Waals surface area contributed by atoms with Crippen molar-refractivity contribution in [3.05, 3.63) is 35.1 Å². The summed E-state index contributed by atoms with van der Waals surface area (Å²) in [6.07, 6.45) is 2.37. The molecule has 3 aliphatic rings. The SMILES string of the molecule is Cc1c2occcc-2c(C2CC(=O)NC(=O)C2)c1C. The molecule has 98 valence electrons. The van der Waals surface area contributed by atoms with Crippen LogP contribution in [0.3, 0.4) is 0 Å². The summed E-state index contributed by atoms with van der Waals surface area (Å²) in [5.74, 6) is 0.421. The van der Waals surface area contributed by atoms with E-state index in [1.165, 1.54) is 0 Å². The lowest BCUT2D eigenvalue weighted by Crippen LogP contribution is -2.37. The van der Waals surface area contributed by atoms with Crippen LogP contribution in [0.1, 0.15) is 35.4 Å². The van der Waals surface area contributed by atoms with Gasteiger partial charge in [0.1, 0.15) is 5.76 Å². The van der Waals surface area contributed by atoms with Gasteiger partial charge in [-0.15, -0.1) is 0 Å². The smallest absolute Gasteiger partial charge is 0.227 e. The minimum atomic E-state index is -0.194. The van der Waals surface area contributed by atoms with Crippen molar-refractivity contribution >= 4 is 11.8 Å². The van der Waals surface area contributed by atoms with Crippen LogP contribution in [0.25, 0.3) is 11.3 Å². The first-order valence-corrected chi connectivity index (χ1v) is 6.37. The van der Waals surface area contributed by atoms with E-state index in [4.69, 9.17) is 4.42 Å². The molecule has 1 aliphatic carbocycles. The van der Waals surface area contributed by atoms with Crippen molar-refractivity contribution in [1.82, 2.24) is 5.32 Å². The second-order valence-corrected chi connectivity index (χ2v) is 5.10. The Labute approximate surface area is 111 Å². The summed E-state index contributed by atoms with van der Waals surface area (Å²) < 4.78 is 5.56. The summed E-state index contributed by atoms with van der Waals surface area (Å²) in [7, 11) is 0. The summed E-state index contributed by atoms with van der Waals surface area (Å²) >= 11 is 0. The van der Waals surface area contributed by atoms with Gasteiger partial charge in [0.15, 0.2) is 0 Å². The van der Waals surface area contributed by atoms with Gasteiger partial charge in [0.05, 0.1) is 6.26 Å². The first-order valence-electron chi connectivity index (χ1n) is 6.37. The Morgan fingerprint density at radius 1 is 1.16 bits per heavy atom. The highest BCUT2D eigenvalue weighted by atomic mass is 16.3. The molecule has 3 rings (SSSR count). The van der Waals surface area contributed by atoms with Gasteiger partial charge in [-0.1, -0.05) is 0 Å². The lowest BCUT2D eigenvalue weighted by molar-refractivity contribution is -0.133. The van der Waals surface area contributed by atoms with Crippen LogP contribution in [0.15, 0.2) is 22.8 Å². The van der Waals surface area contributed by atoms with E-state index < -0.39 is 0 Å². The predicted octanol–water partition coefficient (Wildman–Crippen LogP) is 2.52. The molecule has 1 saturated heterocycles. The Morgan fingerprint density at radius 2 is 1.84 bits per heavy atom. The van der Waals surface area contributed by atoms with E-state index in [1.807, 2.05) is 26.0 Å². The van der Waals surface area contributed by atoms with Crippen LogP contribution < -0.4 is 5.32 Å². The van der Waals surface area contributed by atoms with Crippen LogP contribution in [0.5, 0.6) is 0 Å². The Balaban J connectivity index is 2.13. The largest absolute Gasteiger partial charge is 0.464 e. The molecule has 19 heavy (non-hydrogen) atoms. The number of imide groups is 1. The molecule has 0 bridgehead atoms. The molecule has 0 saturated carbocycles. The molecular formula is C15H15NO3. The Kier molecular flexibility index (Phi) is 2.66. The number of carbonyl (C=O) groups is 2. The zero-order chi connectivity index (χ0) is 13.6. The van der Waals surface area contributed by atoms with Crippen molar-refractivity contribution in [2.45, 2.75) is 32.6 Å². The lowest BCUT2D eigenvalue weighted by atomic mass is 9.86. The maximum absolute atomic E-state index is 11.6. The molecule has 0 atom stereocenters. The van der Waals surface area contributed by atoms with Crippen molar-refractivity contribution in [3.63, 3.8) is 0 Å². The summed E-state index contributed by atoms with van der Waals surface area (Å²) in [6, 6.07) is 3.83. The van der Waals surface area contributed by atoms with Gasteiger partial charge in [-0.05, 0) is 42.7 Å². The van der Waals surface area contributed by atoms with Gasteiger partial charge < -0.3 is 4.42 Å². The van der Waals surface area contributed by atoms with Crippen molar-refractivity contribution < 1.29 is 14.0 Å². The van der Waals surface area contributed by atoms with E-state index in [0.717, 1.165) is 28.0 Å². The highest BCUT2D eigenvalue weighted by Gasteiger charge is 2.32. The van der Waals surface area contributed by atoms with E-state index >= 15 is 0 Å². The molecule has 0 aromatic heterocycles. The highest BCUT2D eigenvalue weighted by molar-refractivity contribution is 5.99. The highest BCUT2D eigenvalue weighted by Crippen LogP contribution is 2.42. The molecule has 0 spiro atoms. The van der Waals surface area contributed by atoms with E-state index in [2.05, 4.69) is 5.32 Å². The van der Waals surface area contributed by atoms with Gasteiger partial charge in [-0.2, -0.15) is 0 Å². The van der Waals surface area contributed by atoms with Crippen LogP contribution in [-0.2, 0) is 9.59 Å². The molecule has 1 fully saturated rings. The molecule has 1 N–H and O–H groups in total. The first kappa shape index (κ1) is 12.0. The normalized spacial score (nSPS) is 16.9. The van der Waals surface area contributed by atoms with Gasteiger partial charge in [-0.25, -0.2) is 0 Å². The number of amides is 2. The number of piperidine rings is 1. The molecule has 4 nitrogen and oxygen atoms in total. The maximum atomic E-state index is 11.6. The molecule has 2 aliphatic heterocycles. The summed E-state index contributed by atoms with van der Waals surface area (Å²) in [5, 5.41) is 2.35. The third kappa shape index (κ3) is 1.84. The van der Waals surface area contributed by atoms with Crippen molar-refractivity contribution in [1.29, 1.82) is 0 Å². The van der Waals surface area contributed by atoms with E-state index in [1.54, 1.807) is 6.26 Å². The Morgan fingerprint density at radius 3 is 2.53 bits per heavy atom. The number of rotatable bonds is 1. The summed E-state index contributed by atoms with van der Waals surface area (Å²) in [6.45, 7) is 4.03. The molecule has 2 amide bonds. The number of fused-ring (bicyclic) bond motifs is 1. The number of hydrogen-bond acceptors (Lipinski definition) is 3. The van der Waals surface area contributed by atoms with Crippen LogP contribution >= 0.6 is 0 Å². The molecule has 0 unspecified atom stereocenters. The molecule has 0 radical (unpaired) electrons.